The lowest BCUT2D eigenvalue weighted by atomic mass is 9.85. The highest BCUT2D eigenvalue weighted by Gasteiger charge is 2.46. The molecule has 1 atom stereocenters. The Labute approximate surface area is 208 Å². The summed E-state index contributed by atoms with van der Waals surface area (Å²) < 4.78 is 11.1. The first kappa shape index (κ1) is 26.5. The van der Waals surface area contributed by atoms with E-state index in [4.69, 9.17) is 9.47 Å². The molecule has 6 nitrogen and oxygen atoms in total. The Morgan fingerprint density at radius 2 is 1.74 bits per heavy atom. The third kappa shape index (κ3) is 5.76. The smallest absolute Gasteiger partial charge is 0.295 e. The van der Waals surface area contributed by atoms with Crippen molar-refractivity contribution in [1.29, 1.82) is 0 Å². The molecular formula is C29H37NO5. The van der Waals surface area contributed by atoms with Crippen LogP contribution in [0.5, 0.6) is 5.75 Å². The molecule has 1 unspecified atom stereocenters. The Kier molecular flexibility index (Phi) is 8.06. The Morgan fingerprint density at radius 3 is 2.31 bits per heavy atom. The molecule has 0 aromatic heterocycles. The van der Waals surface area contributed by atoms with Crippen LogP contribution in [0.4, 0.5) is 0 Å². The summed E-state index contributed by atoms with van der Waals surface area (Å²) in [5.41, 5.74) is 3.25. The molecule has 188 valence electrons. The number of methoxy groups -OCH3 is 1. The van der Waals surface area contributed by atoms with Gasteiger partial charge in [-0.2, -0.15) is 0 Å². The van der Waals surface area contributed by atoms with E-state index in [0.717, 1.165) is 16.7 Å². The van der Waals surface area contributed by atoms with Crippen LogP contribution in [-0.2, 0) is 19.7 Å². The molecule has 0 aliphatic carbocycles. The number of aliphatic hydroxyl groups excluding tert-OH is 1. The molecule has 1 saturated heterocycles. The van der Waals surface area contributed by atoms with E-state index in [1.807, 2.05) is 51.1 Å². The van der Waals surface area contributed by atoms with E-state index >= 15 is 0 Å². The normalized spacial score (nSPS) is 17.9. The van der Waals surface area contributed by atoms with E-state index in [2.05, 4.69) is 20.8 Å². The summed E-state index contributed by atoms with van der Waals surface area (Å²) >= 11 is 0. The Balaban J connectivity index is 2.12. The Bertz CT molecular complexity index is 1110. The summed E-state index contributed by atoms with van der Waals surface area (Å²) in [7, 11) is 1.51. The van der Waals surface area contributed by atoms with Crippen molar-refractivity contribution < 1.29 is 24.2 Å². The standard InChI is InChI=1S/C29H37NO5/c1-18(2)35-16-8-15-30-25(20-10-12-21(13-11-20)29(4,5)6)24(27(32)28(30)33)26(31)22-17-19(3)9-14-23(22)34-7/h9-14,17-18,25,31H,8,15-16H2,1-7H3/b26-24+. The number of likely N-dealkylation sites (tertiary alicyclic amines) is 1. The zero-order valence-corrected chi connectivity index (χ0v) is 21.8. The van der Waals surface area contributed by atoms with Gasteiger partial charge in [-0.3, -0.25) is 9.59 Å². The molecule has 1 aliphatic heterocycles. The number of amides is 1. The fourth-order valence-corrected chi connectivity index (χ4v) is 4.33. The zero-order chi connectivity index (χ0) is 25.9. The van der Waals surface area contributed by atoms with E-state index in [9.17, 15) is 14.7 Å². The Morgan fingerprint density at radius 1 is 1.09 bits per heavy atom. The van der Waals surface area contributed by atoms with Crippen LogP contribution < -0.4 is 4.74 Å². The average Bonchev–Trinajstić information content (AvgIpc) is 3.05. The second-order valence-corrected chi connectivity index (χ2v) is 10.3. The van der Waals surface area contributed by atoms with Gasteiger partial charge < -0.3 is 19.5 Å². The molecule has 1 fully saturated rings. The van der Waals surface area contributed by atoms with Gasteiger partial charge in [-0.15, -0.1) is 0 Å². The van der Waals surface area contributed by atoms with Crippen molar-refractivity contribution >= 4 is 17.4 Å². The first-order chi connectivity index (χ1) is 16.5. The van der Waals surface area contributed by atoms with Crippen molar-refractivity contribution in [1.82, 2.24) is 4.90 Å². The molecule has 0 bridgehead atoms. The van der Waals surface area contributed by atoms with Crippen LogP contribution in [0.25, 0.3) is 5.76 Å². The monoisotopic (exact) mass is 479 g/mol. The molecule has 2 aromatic rings. The first-order valence-electron chi connectivity index (χ1n) is 12.1. The largest absolute Gasteiger partial charge is 0.507 e. The summed E-state index contributed by atoms with van der Waals surface area (Å²) in [4.78, 5) is 28.0. The van der Waals surface area contributed by atoms with Gasteiger partial charge in [-0.1, -0.05) is 56.7 Å². The van der Waals surface area contributed by atoms with Gasteiger partial charge in [0, 0.05) is 13.2 Å². The van der Waals surface area contributed by atoms with Crippen LogP contribution in [0.15, 0.2) is 48.0 Å². The quantitative estimate of drug-likeness (QED) is 0.233. The number of aliphatic hydroxyl groups is 1. The number of ketones is 1. The highest BCUT2D eigenvalue weighted by molar-refractivity contribution is 6.46. The maximum Gasteiger partial charge on any atom is 0.295 e. The molecule has 1 amide bonds. The second kappa shape index (κ2) is 10.6. The van der Waals surface area contributed by atoms with Crippen molar-refractivity contribution in [3.8, 4) is 5.75 Å². The number of hydrogen-bond acceptors (Lipinski definition) is 5. The number of carbonyl (C=O) groups is 2. The van der Waals surface area contributed by atoms with Gasteiger partial charge in [-0.25, -0.2) is 0 Å². The minimum Gasteiger partial charge on any atom is -0.507 e. The van der Waals surface area contributed by atoms with Crippen molar-refractivity contribution in [3.63, 3.8) is 0 Å². The zero-order valence-electron chi connectivity index (χ0n) is 21.8. The topological polar surface area (TPSA) is 76.1 Å². The summed E-state index contributed by atoms with van der Waals surface area (Å²) in [6, 6.07) is 12.6. The highest BCUT2D eigenvalue weighted by atomic mass is 16.5. The van der Waals surface area contributed by atoms with E-state index in [1.165, 1.54) is 7.11 Å². The van der Waals surface area contributed by atoms with Crippen LogP contribution in [0.1, 0.15) is 69.3 Å². The molecule has 1 heterocycles. The number of benzene rings is 2. The van der Waals surface area contributed by atoms with Gasteiger partial charge in [0.15, 0.2) is 0 Å². The van der Waals surface area contributed by atoms with Crippen molar-refractivity contribution in [2.75, 3.05) is 20.3 Å². The first-order valence-corrected chi connectivity index (χ1v) is 12.1. The van der Waals surface area contributed by atoms with E-state index in [0.29, 0.717) is 30.9 Å². The van der Waals surface area contributed by atoms with Crippen molar-refractivity contribution in [2.45, 2.75) is 65.5 Å². The summed E-state index contributed by atoms with van der Waals surface area (Å²) in [5, 5.41) is 11.4. The van der Waals surface area contributed by atoms with E-state index in [1.54, 1.807) is 17.0 Å². The lowest BCUT2D eigenvalue weighted by Gasteiger charge is -2.27. The number of Topliss-reactive ketones (excluding diaryl/α,β-unsaturated/α-hetero) is 1. The summed E-state index contributed by atoms with van der Waals surface area (Å²) in [5.74, 6) is -1.10. The molecule has 1 aliphatic rings. The number of hydrogen-bond donors (Lipinski definition) is 1. The number of nitrogens with zero attached hydrogens (tertiary/aromatic N) is 1. The van der Waals surface area contributed by atoms with Crippen LogP contribution in [-0.4, -0.2) is 48.1 Å². The summed E-state index contributed by atoms with van der Waals surface area (Å²) in [6.45, 7) is 13.0. The molecule has 6 heteroatoms. The fraction of sp³-hybridized carbons (Fsp3) is 0.448. The third-order valence-corrected chi connectivity index (χ3v) is 6.24. The molecule has 0 saturated carbocycles. The van der Waals surface area contributed by atoms with Gasteiger partial charge in [0.25, 0.3) is 11.7 Å². The maximum atomic E-state index is 13.3. The maximum absolute atomic E-state index is 13.3. The van der Waals surface area contributed by atoms with Gasteiger partial charge >= 0.3 is 0 Å². The van der Waals surface area contributed by atoms with E-state index < -0.39 is 17.7 Å². The number of carbonyl (C=O) groups excluding carboxylic acids is 2. The van der Waals surface area contributed by atoms with Crippen molar-refractivity contribution in [3.05, 3.63) is 70.3 Å². The number of aryl methyl sites for hydroxylation is 1. The molecule has 35 heavy (non-hydrogen) atoms. The lowest BCUT2D eigenvalue weighted by Crippen LogP contribution is -2.31. The van der Waals surface area contributed by atoms with Crippen LogP contribution in [0, 0.1) is 6.92 Å². The van der Waals surface area contributed by atoms with Gasteiger partial charge in [0.05, 0.1) is 30.4 Å². The fourth-order valence-electron chi connectivity index (χ4n) is 4.33. The van der Waals surface area contributed by atoms with Crippen LogP contribution >= 0.6 is 0 Å². The van der Waals surface area contributed by atoms with E-state index in [-0.39, 0.29) is 22.9 Å². The second-order valence-electron chi connectivity index (χ2n) is 10.3. The molecular weight excluding hydrogens is 442 g/mol. The third-order valence-electron chi connectivity index (χ3n) is 6.24. The summed E-state index contributed by atoms with van der Waals surface area (Å²) in [6.07, 6.45) is 0.662. The van der Waals surface area contributed by atoms with Gasteiger partial charge in [0.2, 0.25) is 0 Å². The van der Waals surface area contributed by atoms with Crippen molar-refractivity contribution in [2.24, 2.45) is 0 Å². The van der Waals surface area contributed by atoms with Crippen LogP contribution in [0.3, 0.4) is 0 Å². The van der Waals surface area contributed by atoms with Crippen LogP contribution in [0.2, 0.25) is 0 Å². The Hall–Kier alpha value is -3.12. The number of rotatable bonds is 8. The van der Waals surface area contributed by atoms with Gasteiger partial charge in [-0.05, 0) is 55.9 Å². The molecule has 0 spiro atoms. The van der Waals surface area contributed by atoms with Gasteiger partial charge in [0.1, 0.15) is 11.5 Å². The number of ether oxygens (including phenoxy) is 2. The molecule has 0 radical (unpaired) electrons. The molecule has 2 aromatic carbocycles. The average molecular weight is 480 g/mol. The molecule has 1 N–H and O–H groups in total. The minimum absolute atomic E-state index is 0.0382. The lowest BCUT2D eigenvalue weighted by molar-refractivity contribution is -0.140. The SMILES string of the molecule is COc1ccc(C)cc1/C(O)=C1\C(=O)C(=O)N(CCCOC(C)C)C1c1ccc(C(C)(C)C)cc1. The highest BCUT2D eigenvalue weighted by Crippen LogP contribution is 2.41. The predicted octanol–water partition coefficient (Wildman–Crippen LogP) is 5.54. The minimum atomic E-state index is -0.701. The predicted molar refractivity (Wildman–Crippen MR) is 138 cm³/mol. The molecule has 3 rings (SSSR count).